The van der Waals surface area contributed by atoms with Crippen molar-refractivity contribution in [3.63, 3.8) is 0 Å². The van der Waals surface area contributed by atoms with Crippen molar-refractivity contribution in [2.24, 2.45) is 0 Å². The SMILES string of the molecule is CCCCCC1SCC(C(=O)OC(C)C)N1C(=O)c1ccc([N+](=O)[O-])cc1Cl. The normalized spacial score (nSPS) is 19.1. The maximum atomic E-state index is 13.2. The molecule has 0 aliphatic carbocycles. The Bertz CT molecular complexity index is 743. The molecule has 1 fully saturated rings. The van der Waals surface area contributed by atoms with E-state index in [-0.39, 0.29) is 27.8 Å². The molecule has 2 unspecified atom stereocenters. The van der Waals surface area contributed by atoms with E-state index in [0.29, 0.717) is 5.75 Å². The number of nitro benzene ring substituents is 1. The molecule has 0 aromatic heterocycles. The Morgan fingerprint density at radius 1 is 1.39 bits per heavy atom. The quantitative estimate of drug-likeness (QED) is 0.259. The summed E-state index contributed by atoms with van der Waals surface area (Å²) in [5.74, 6) is -0.387. The predicted octanol–water partition coefficient (Wildman–Crippen LogP) is 4.66. The first kappa shape index (κ1) is 22.5. The zero-order valence-corrected chi connectivity index (χ0v) is 17.8. The lowest BCUT2D eigenvalue weighted by atomic mass is 10.1. The summed E-state index contributed by atoms with van der Waals surface area (Å²) >= 11 is 7.71. The number of ether oxygens (including phenoxy) is 1. The van der Waals surface area contributed by atoms with E-state index in [9.17, 15) is 19.7 Å². The second-order valence-corrected chi connectivity index (χ2v) is 8.54. The Labute approximate surface area is 173 Å². The van der Waals surface area contributed by atoms with E-state index in [1.807, 2.05) is 0 Å². The van der Waals surface area contributed by atoms with Crippen molar-refractivity contribution in [3.8, 4) is 0 Å². The number of esters is 1. The van der Waals surface area contributed by atoms with Crippen molar-refractivity contribution in [3.05, 3.63) is 38.9 Å². The van der Waals surface area contributed by atoms with Crippen LogP contribution in [0.15, 0.2) is 18.2 Å². The van der Waals surface area contributed by atoms with Gasteiger partial charge in [-0.05, 0) is 26.3 Å². The first-order chi connectivity index (χ1) is 13.3. The number of thioether (sulfide) groups is 1. The van der Waals surface area contributed by atoms with E-state index < -0.39 is 22.8 Å². The van der Waals surface area contributed by atoms with Gasteiger partial charge in [-0.1, -0.05) is 37.8 Å². The number of rotatable bonds is 8. The van der Waals surface area contributed by atoms with Gasteiger partial charge in [-0.15, -0.1) is 11.8 Å². The molecular weight excluding hydrogens is 404 g/mol. The zero-order chi connectivity index (χ0) is 20.8. The van der Waals surface area contributed by atoms with Crippen LogP contribution in [0.4, 0.5) is 5.69 Å². The number of nitro groups is 1. The maximum absolute atomic E-state index is 13.2. The van der Waals surface area contributed by atoms with Gasteiger partial charge in [-0.2, -0.15) is 0 Å². The fourth-order valence-electron chi connectivity index (χ4n) is 3.05. The minimum absolute atomic E-state index is 0.000569. The van der Waals surface area contributed by atoms with Crippen molar-refractivity contribution in [1.29, 1.82) is 0 Å². The van der Waals surface area contributed by atoms with Crippen LogP contribution in [0.2, 0.25) is 5.02 Å². The standard InChI is InChI=1S/C19H25ClN2O5S/c1-4-5-6-7-17-21(16(11-28-17)19(24)27-12(2)3)18(23)14-9-8-13(22(25)26)10-15(14)20/h8-10,12,16-17H,4-7,11H2,1-3H3. The van der Waals surface area contributed by atoms with Crippen LogP contribution in [0.1, 0.15) is 56.8 Å². The molecule has 2 rings (SSSR count). The van der Waals surface area contributed by atoms with Crippen LogP contribution in [0, 0.1) is 10.1 Å². The molecule has 1 amide bonds. The summed E-state index contributed by atoms with van der Waals surface area (Å²) in [6, 6.07) is 3.05. The minimum atomic E-state index is -0.696. The highest BCUT2D eigenvalue weighted by Gasteiger charge is 2.43. The number of carbonyl (C=O) groups excluding carboxylic acids is 2. The molecular formula is C19H25ClN2O5S. The molecule has 1 saturated heterocycles. The summed E-state index contributed by atoms with van der Waals surface area (Å²) in [5.41, 5.74) is -0.0368. The number of amides is 1. The summed E-state index contributed by atoms with van der Waals surface area (Å²) in [5, 5.41) is 10.8. The van der Waals surface area contributed by atoms with Crippen LogP contribution in [-0.4, -0.2) is 45.0 Å². The molecule has 1 aliphatic heterocycles. The van der Waals surface area contributed by atoms with Gasteiger partial charge in [0.1, 0.15) is 6.04 Å². The van der Waals surface area contributed by atoms with Gasteiger partial charge < -0.3 is 9.64 Å². The number of unbranched alkanes of at least 4 members (excludes halogenated alkanes) is 2. The molecule has 0 radical (unpaired) electrons. The maximum Gasteiger partial charge on any atom is 0.330 e. The number of carbonyl (C=O) groups is 2. The van der Waals surface area contributed by atoms with Gasteiger partial charge in [0.15, 0.2) is 0 Å². The molecule has 2 atom stereocenters. The average molecular weight is 429 g/mol. The average Bonchev–Trinajstić information content (AvgIpc) is 3.04. The number of benzene rings is 1. The summed E-state index contributed by atoms with van der Waals surface area (Å²) in [7, 11) is 0. The van der Waals surface area contributed by atoms with Crippen LogP contribution in [-0.2, 0) is 9.53 Å². The number of halogens is 1. The highest BCUT2D eigenvalue weighted by Crippen LogP contribution is 2.36. The topological polar surface area (TPSA) is 89.8 Å². The first-order valence-corrected chi connectivity index (χ1v) is 10.8. The van der Waals surface area contributed by atoms with Crippen molar-refractivity contribution in [2.45, 2.75) is 64.0 Å². The molecule has 0 spiro atoms. The summed E-state index contributed by atoms with van der Waals surface area (Å²) in [6.45, 7) is 5.63. The molecule has 0 bridgehead atoms. The van der Waals surface area contributed by atoms with Crippen molar-refractivity contribution < 1.29 is 19.2 Å². The Kier molecular flexibility index (Phi) is 8.12. The second kappa shape index (κ2) is 10.1. The molecule has 7 nitrogen and oxygen atoms in total. The lowest BCUT2D eigenvalue weighted by Crippen LogP contribution is -2.47. The Hall–Kier alpha value is -1.80. The third-order valence-electron chi connectivity index (χ3n) is 4.40. The molecule has 154 valence electrons. The number of hydrogen-bond acceptors (Lipinski definition) is 6. The summed E-state index contributed by atoms with van der Waals surface area (Å²) in [6.07, 6.45) is 3.52. The largest absolute Gasteiger partial charge is 0.461 e. The van der Waals surface area contributed by atoms with Gasteiger partial charge in [0.25, 0.3) is 11.6 Å². The highest BCUT2D eigenvalue weighted by molar-refractivity contribution is 8.00. The fraction of sp³-hybridized carbons (Fsp3) is 0.579. The summed E-state index contributed by atoms with van der Waals surface area (Å²) in [4.78, 5) is 37.7. The smallest absolute Gasteiger partial charge is 0.330 e. The van der Waals surface area contributed by atoms with Gasteiger partial charge in [0.05, 0.1) is 27.0 Å². The lowest BCUT2D eigenvalue weighted by molar-refractivity contribution is -0.384. The van der Waals surface area contributed by atoms with E-state index in [1.54, 1.807) is 25.6 Å². The van der Waals surface area contributed by atoms with Crippen molar-refractivity contribution in [2.75, 3.05) is 5.75 Å². The molecule has 0 saturated carbocycles. The van der Waals surface area contributed by atoms with Gasteiger partial charge >= 0.3 is 5.97 Å². The van der Waals surface area contributed by atoms with Crippen LogP contribution in [0.3, 0.4) is 0 Å². The van der Waals surface area contributed by atoms with Crippen LogP contribution in [0.5, 0.6) is 0 Å². The molecule has 1 heterocycles. The van der Waals surface area contributed by atoms with Gasteiger partial charge in [-0.3, -0.25) is 14.9 Å². The first-order valence-electron chi connectivity index (χ1n) is 9.35. The van der Waals surface area contributed by atoms with Crippen LogP contribution in [0.25, 0.3) is 0 Å². The van der Waals surface area contributed by atoms with E-state index >= 15 is 0 Å². The number of hydrogen-bond donors (Lipinski definition) is 0. The van der Waals surface area contributed by atoms with E-state index in [1.165, 1.54) is 17.0 Å². The molecule has 1 aromatic rings. The van der Waals surface area contributed by atoms with E-state index in [4.69, 9.17) is 16.3 Å². The van der Waals surface area contributed by atoms with Gasteiger partial charge in [0, 0.05) is 17.9 Å². The van der Waals surface area contributed by atoms with Crippen molar-refractivity contribution in [1.82, 2.24) is 4.90 Å². The van der Waals surface area contributed by atoms with Crippen LogP contribution < -0.4 is 0 Å². The zero-order valence-electron chi connectivity index (χ0n) is 16.2. The number of non-ortho nitro benzene ring substituents is 1. The van der Waals surface area contributed by atoms with Crippen LogP contribution >= 0.6 is 23.4 Å². The summed E-state index contributed by atoms with van der Waals surface area (Å²) < 4.78 is 5.34. The fourth-order valence-corrected chi connectivity index (χ4v) is 4.74. The molecule has 9 heteroatoms. The minimum Gasteiger partial charge on any atom is -0.461 e. The second-order valence-electron chi connectivity index (χ2n) is 6.92. The van der Waals surface area contributed by atoms with E-state index in [0.717, 1.165) is 31.7 Å². The monoisotopic (exact) mass is 428 g/mol. The number of nitrogens with zero attached hydrogens (tertiary/aromatic N) is 2. The molecule has 28 heavy (non-hydrogen) atoms. The molecule has 0 N–H and O–H groups in total. The van der Waals surface area contributed by atoms with Gasteiger partial charge in [0.2, 0.25) is 0 Å². The lowest BCUT2D eigenvalue weighted by Gasteiger charge is -2.29. The van der Waals surface area contributed by atoms with E-state index in [2.05, 4.69) is 6.92 Å². The Morgan fingerprint density at radius 2 is 2.11 bits per heavy atom. The molecule has 1 aromatic carbocycles. The van der Waals surface area contributed by atoms with Crippen molar-refractivity contribution >= 4 is 40.9 Å². The predicted molar refractivity (Wildman–Crippen MR) is 110 cm³/mol. The molecule has 1 aliphatic rings. The Balaban J connectivity index is 2.30. The van der Waals surface area contributed by atoms with Gasteiger partial charge in [-0.25, -0.2) is 4.79 Å². The highest BCUT2D eigenvalue weighted by atomic mass is 35.5. The Morgan fingerprint density at radius 3 is 2.68 bits per heavy atom. The third-order valence-corrected chi connectivity index (χ3v) is 6.07. The third kappa shape index (κ3) is 5.38.